The van der Waals surface area contributed by atoms with Crippen LogP contribution in [-0.2, 0) is 15.8 Å². The van der Waals surface area contributed by atoms with E-state index in [9.17, 15) is 13.2 Å². The molecule has 3 aromatic rings. The summed E-state index contributed by atoms with van der Waals surface area (Å²) in [5, 5.41) is 8.01. The van der Waals surface area contributed by atoms with E-state index in [2.05, 4.69) is 21.7 Å². The number of pyridine rings is 1. The first-order valence-corrected chi connectivity index (χ1v) is 12.1. The number of benzene rings is 1. The predicted octanol–water partition coefficient (Wildman–Crippen LogP) is 3.99. The van der Waals surface area contributed by atoms with Crippen molar-refractivity contribution in [3.8, 4) is 0 Å². The van der Waals surface area contributed by atoms with Crippen molar-refractivity contribution in [1.29, 1.82) is 0 Å². The van der Waals surface area contributed by atoms with E-state index in [0.29, 0.717) is 27.8 Å². The van der Waals surface area contributed by atoms with Crippen molar-refractivity contribution in [3.63, 3.8) is 0 Å². The molecule has 32 heavy (non-hydrogen) atoms. The fourth-order valence-corrected chi connectivity index (χ4v) is 4.34. The Bertz CT molecular complexity index is 1230. The molecular weight excluding hydrogens is 426 g/mol. The maximum absolute atomic E-state index is 13.1. The summed E-state index contributed by atoms with van der Waals surface area (Å²) in [6.45, 7) is 11.8. The molecule has 8 nitrogen and oxygen atoms in total. The van der Waals surface area contributed by atoms with Crippen molar-refractivity contribution >= 4 is 32.7 Å². The number of hydrogen-bond acceptors (Lipinski definition) is 5. The maximum atomic E-state index is 13.1. The highest BCUT2D eigenvalue weighted by molar-refractivity contribution is 7.88. The second-order valence-electron chi connectivity index (χ2n) is 8.22. The molecule has 2 N–H and O–H groups in total. The molecule has 1 aromatic carbocycles. The number of hydrogen-bond donors (Lipinski definition) is 2. The highest BCUT2D eigenvalue weighted by Crippen LogP contribution is 2.25. The van der Waals surface area contributed by atoms with Crippen molar-refractivity contribution in [2.75, 3.05) is 11.9 Å². The molecule has 0 aliphatic rings. The van der Waals surface area contributed by atoms with Gasteiger partial charge in [0.2, 0.25) is 10.0 Å². The highest BCUT2D eigenvalue weighted by atomic mass is 32.2. The Morgan fingerprint density at radius 2 is 1.88 bits per heavy atom. The van der Waals surface area contributed by atoms with Gasteiger partial charge in [0.15, 0.2) is 5.65 Å². The normalized spacial score (nSPS) is 11.9. The van der Waals surface area contributed by atoms with Crippen LogP contribution < -0.4 is 10.0 Å². The van der Waals surface area contributed by atoms with Gasteiger partial charge in [0.25, 0.3) is 5.91 Å². The average Bonchev–Trinajstić information content (AvgIpc) is 3.17. The number of anilines is 1. The van der Waals surface area contributed by atoms with Crippen molar-refractivity contribution in [3.05, 3.63) is 66.0 Å². The van der Waals surface area contributed by atoms with E-state index in [0.717, 1.165) is 5.69 Å². The van der Waals surface area contributed by atoms with Gasteiger partial charge in [-0.25, -0.2) is 22.8 Å². The lowest BCUT2D eigenvalue weighted by atomic mass is 10.0. The zero-order valence-corrected chi connectivity index (χ0v) is 19.6. The lowest BCUT2D eigenvalue weighted by Crippen LogP contribution is -2.25. The lowest BCUT2D eigenvalue weighted by Gasteiger charge is -2.12. The zero-order chi connectivity index (χ0) is 23.5. The minimum Gasteiger partial charge on any atom is -0.322 e. The molecule has 0 fully saturated rings. The van der Waals surface area contributed by atoms with Crippen LogP contribution in [0.25, 0.3) is 11.0 Å². The van der Waals surface area contributed by atoms with Gasteiger partial charge in [-0.2, -0.15) is 5.10 Å². The van der Waals surface area contributed by atoms with E-state index in [1.165, 1.54) is 6.08 Å². The van der Waals surface area contributed by atoms with E-state index in [1.54, 1.807) is 36.5 Å². The molecule has 0 aliphatic carbocycles. The summed E-state index contributed by atoms with van der Waals surface area (Å²) in [6.07, 6.45) is 3.16. The van der Waals surface area contributed by atoms with Crippen LogP contribution in [0.3, 0.4) is 0 Å². The third-order valence-corrected chi connectivity index (χ3v) is 6.25. The van der Waals surface area contributed by atoms with Gasteiger partial charge in [0.1, 0.15) is 0 Å². The third-order valence-electron chi connectivity index (χ3n) is 4.93. The van der Waals surface area contributed by atoms with Gasteiger partial charge < -0.3 is 5.32 Å². The Morgan fingerprint density at radius 3 is 2.47 bits per heavy atom. The lowest BCUT2D eigenvalue weighted by molar-refractivity contribution is 0.102. The third kappa shape index (κ3) is 5.41. The van der Waals surface area contributed by atoms with Crippen LogP contribution in [0.1, 0.15) is 61.3 Å². The monoisotopic (exact) mass is 455 g/mol. The van der Waals surface area contributed by atoms with Crippen molar-refractivity contribution in [2.24, 2.45) is 0 Å². The molecular formula is C23H29N5O3S. The number of nitrogens with zero attached hydrogens (tertiary/aromatic N) is 3. The highest BCUT2D eigenvalue weighted by Gasteiger charge is 2.19. The van der Waals surface area contributed by atoms with Crippen LogP contribution in [0.5, 0.6) is 0 Å². The minimum atomic E-state index is -3.44. The average molecular weight is 456 g/mol. The van der Waals surface area contributed by atoms with Gasteiger partial charge in [-0.1, -0.05) is 32.1 Å². The van der Waals surface area contributed by atoms with Crippen molar-refractivity contribution in [2.45, 2.75) is 45.4 Å². The first-order valence-electron chi connectivity index (χ1n) is 10.5. The minimum absolute atomic E-state index is 0.114. The Hall–Kier alpha value is -3.04. The fourth-order valence-electron chi connectivity index (χ4n) is 3.24. The summed E-state index contributed by atoms with van der Waals surface area (Å²) in [5.74, 6) is -0.264. The quantitative estimate of drug-likeness (QED) is 0.475. The van der Waals surface area contributed by atoms with E-state index in [-0.39, 0.29) is 30.2 Å². The van der Waals surface area contributed by atoms with Crippen molar-refractivity contribution < 1.29 is 13.2 Å². The standard InChI is InChI=1S/C23H29N5O3S/c1-6-11-25-32(30,31)14-17-7-9-18(10-8-17)26-23(29)19-12-21(15(2)3)27-22-20(19)13-24-28(22)16(4)5/h6-10,12-13,15-16,25H,1,11,14H2,2-5H3,(H,26,29). The summed E-state index contributed by atoms with van der Waals surface area (Å²) in [7, 11) is -3.44. The number of aromatic nitrogens is 3. The second kappa shape index (κ2) is 9.62. The van der Waals surface area contributed by atoms with E-state index in [4.69, 9.17) is 4.98 Å². The molecule has 1 amide bonds. The summed E-state index contributed by atoms with van der Waals surface area (Å²) in [4.78, 5) is 17.8. The van der Waals surface area contributed by atoms with Crippen molar-refractivity contribution in [1.82, 2.24) is 19.5 Å². The van der Waals surface area contributed by atoms with Gasteiger partial charge in [-0.3, -0.25) is 4.79 Å². The van der Waals surface area contributed by atoms with E-state index >= 15 is 0 Å². The van der Waals surface area contributed by atoms with Gasteiger partial charge in [-0.15, -0.1) is 6.58 Å². The summed E-state index contributed by atoms with van der Waals surface area (Å²) in [5.41, 5.74) is 3.20. The SMILES string of the molecule is C=CCNS(=O)(=O)Cc1ccc(NC(=O)c2cc(C(C)C)nc3c2cnn3C(C)C)cc1. The molecule has 2 aromatic heterocycles. The van der Waals surface area contributed by atoms with Gasteiger partial charge in [0.05, 0.1) is 22.9 Å². The first-order chi connectivity index (χ1) is 15.1. The molecule has 0 saturated heterocycles. The van der Waals surface area contributed by atoms with Crippen LogP contribution in [0.2, 0.25) is 0 Å². The number of carbonyl (C=O) groups is 1. The van der Waals surface area contributed by atoms with Crippen LogP contribution in [0.15, 0.2) is 49.2 Å². The van der Waals surface area contributed by atoms with Crippen LogP contribution in [0.4, 0.5) is 5.69 Å². The second-order valence-corrected chi connectivity index (χ2v) is 10.0. The number of fused-ring (bicyclic) bond motifs is 1. The number of sulfonamides is 1. The van der Waals surface area contributed by atoms with Gasteiger partial charge in [-0.05, 0) is 43.5 Å². The van der Waals surface area contributed by atoms with Gasteiger partial charge in [0, 0.05) is 24.0 Å². The first kappa shape index (κ1) is 23.6. The number of amides is 1. The van der Waals surface area contributed by atoms with E-state index < -0.39 is 10.0 Å². The van der Waals surface area contributed by atoms with Crippen LogP contribution >= 0.6 is 0 Å². The van der Waals surface area contributed by atoms with Crippen LogP contribution in [-0.4, -0.2) is 35.6 Å². The number of rotatable bonds is 9. The zero-order valence-electron chi connectivity index (χ0n) is 18.8. The molecule has 2 heterocycles. The molecule has 0 bridgehead atoms. The Morgan fingerprint density at radius 1 is 1.19 bits per heavy atom. The molecule has 0 radical (unpaired) electrons. The topological polar surface area (TPSA) is 106 Å². The van der Waals surface area contributed by atoms with Crippen LogP contribution in [0, 0.1) is 0 Å². The Labute approximate surface area is 188 Å². The molecule has 3 rings (SSSR count). The van der Waals surface area contributed by atoms with Gasteiger partial charge >= 0.3 is 0 Å². The predicted molar refractivity (Wildman–Crippen MR) is 127 cm³/mol. The Balaban J connectivity index is 1.85. The Kier molecular flexibility index (Phi) is 7.10. The molecule has 0 unspecified atom stereocenters. The fraction of sp³-hybridized carbons (Fsp3) is 0.348. The smallest absolute Gasteiger partial charge is 0.256 e. The molecule has 0 atom stereocenters. The summed E-state index contributed by atoms with van der Waals surface area (Å²) >= 11 is 0. The molecule has 0 saturated carbocycles. The van der Waals surface area contributed by atoms with E-state index in [1.807, 2.05) is 32.4 Å². The molecule has 0 spiro atoms. The molecule has 0 aliphatic heterocycles. The number of nitrogens with one attached hydrogen (secondary N) is 2. The maximum Gasteiger partial charge on any atom is 0.256 e. The largest absolute Gasteiger partial charge is 0.322 e. The molecule has 170 valence electrons. The summed E-state index contributed by atoms with van der Waals surface area (Å²) in [6, 6.07) is 8.66. The number of carbonyl (C=O) groups excluding carboxylic acids is 1. The molecule has 9 heteroatoms. The summed E-state index contributed by atoms with van der Waals surface area (Å²) < 4.78 is 28.3.